The van der Waals surface area contributed by atoms with Gasteiger partial charge in [0.1, 0.15) is 0 Å². The van der Waals surface area contributed by atoms with E-state index in [0.29, 0.717) is 11.7 Å². The molecular formula is C12H17N5. The van der Waals surface area contributed by atoms with Crippen LogP contribution in [-0.4, -0.2) is 20.6 Å². The molecule has 0 unspecified atom stereocenters. The van der Waals surface area contributed by atoms with E-state index in [0.717, 1.165) is 18.0 Å². The topological polar surface area (TPSA) is 68.2 Å². The molecule has 0 saturated heterocycles. The second-order valence-electron chi connectivity index (χ2n) is 4.66. The van der Waals surface area contributed by atoms with E-state index in [-0.39, 0.29) is 0 Å². The molecule has 0 amide bonds. The van der Waals surface area contributed by atoms with E-state index < -0.39 is 0 Å². The van der Waals surface area contributed by atoms with Crippen molar-refractivity contribution in [2.75, 3.05) is 5.73 Å². The van der Waals surface area contributed by atoms with Crippen molar-refractivity contribution in [3.05, 3.63) is 24.2 Å². The first-order valence-corrected chi connectivity index (χ1v) is 6.15. The number of nitrogens with zero attached hydrogens (tertiary/aromatic N) is 3. The van der Waals surface area contributed by atoms with Gasteiger partial charge in [-0.1, -0.05) is 12.8 Å². The number of pyridine rings is 1. The highest BCUT2D eigenvalue weighted by Gasteiger charge is 2.14. The lowest BCUT2D eigenvalue weighted by Crippen LogP contribution is -2.25. The molecule has 2 aromatic heterocycles. The SMILES string of the molecule is Nc1ccc2nc(CNC3CCCC3)nn2c1. The molecule has 0 aromatic carbocycles. The van der Waals surface area contributed by atoms with Gasteiger partial charge in [-0.15, -0.1) is 5.10 Å². The average Bonchev–Trinajstić information content (AvgIpc) is 2.94. The predicted molar refractivity (Wildman–Crippen MR) is 66.5 cm³/mol. The van der Waals surface area contributed by atoms with Gasteiger partial charge in [0.25, 0.3) is 0 Å². The van der Waals surface area contributed by atoms with Crippen LogP contribution in [0.4, 0.5) is 5.69 Å². The van der Waals surface area contributed by atoms with Gasteiger partial charge in [-0.2, -0.15) is 0 Å². The number of anilines is 1. The molecule has 1 aliphatic carbocycles. The number of aromatic nitrogens is 3. The molecule has 0 atom stereocenters. The van der Waals surface area contributed by atoms with Gasteiger partial charge in [0.15, 0.2) is 11.5 Å². The van der Waals surface area contributed by atoms with Crippen molar-refractivity contribution < 1.29 is 0 Å². The summed E-state index contributed by atoms with van der Waals surface area (Å²) in [5.41, 5.74) is 7.26. The number of hydrogen-bond donors (Lipinski definition) is 2. The van der Waals surface area contributed by atoms with E-state index in [4.69, 9.17) is 5.73 Å². The second-order valence-corrected chi connectivity index (χ2v) is 4.66. The fraction of sp³-hybridized carbons (Fsp3) is 0.500. The largest absolute Gasteiger partial charge is 0.397 e. The normalized spacial score (nSPS) is 16.9. The number of nitrogens with two attached hydrogens (primary N) is 1. The van der Waals surface area contributed by atoms with Crippen LogP contribution in [0, 0.1) is 0 Å². The summed E-state index contributed by atoms with van der Waals surface area (Å²) in [5.74, 6) is 0.836. The lowest BCUT2D eigenvalue weighted by atomic mass is 10.2. The molecule has 0 bridgehead atoms. The number of nitrogen functional groups attached to an aromatic ring is 1. The van der Waals surface area contributed by atoms with Gasteiger partial charge in [-0.3, -0.25) is 0 Å². The van der Waals surface area contributed by atoms with Gasteiger partial charge >= 0.3 is 0 Å². The van der Waals surface area contributed by atoms with E-state index in [1.165, 1.54) is 25.7 Å². The third-order valence-corrected chi connectivity index (χ3v) is 3.30. The molecule has 3 N–H and O–H groups in total. The fourth-order valence-corrected chi connectivity index (χ4v) is 2.39. The molecule has 1 fully saturated rings. The molecule has 5 heteroatoms. The van der Waals surface area contributed by atoms with Crippen LogP contribution in [0.25, 0.3) is 5.65 Å². The maximum absolute atomic E-state index is 5.70. The highest BCUT2D eigenvalue weighted by Crippen LogP contribution is 2.17. The average molecular weight is 231 g/mol. The van der Waals surface area contributed by atoms with Crippen LogP contribution in [0.1, 0.15) is 31.5 Å². The van der Waals surface area contributed by atoms with Crippen molar-refractivity contribution in [3.8, 4) is 0 Å². The fourth-order valence-electron chi connectivity index (χ4n) is 2.39. The third-order valence-electron chi connectivity index (χ3n) is 3.30. The van der Waals surface area contributed by atoms with Crippen LogP contribution in [-0.2, 0) is 6.54 Å². The zero-order valence-electron chi connectivity index (χ0n) is 9.76. The van der Waals surface area contributed by atoms with Gasteiger partial charge in [0, 0.05) is 6.04 Å². The Bertz CT molecular complexity index is 513. The first-order chi connectivity index (χ1) is 8.31. The van der Waals surface area contributed by atoms with Gasteiger partial charge in [-0.05, 0) is 25.0 Å². The van der Waals surface area contributed by atoms with Crippen molar-refractivity contribution in [3.63, 3.8) is 0 Å². The number of fused-ring (bicyclic) bond motifs is 1. The van der Waals surface area contributed by atoms with Gasteiger partial charge in [0.05, 0.1) is 18.4 Å². The van der Waals surface area contributed by atoms with E-state index in [1.54, 1.807) is 10.7 Å². The number of nitrogens with one attached hydrogen (secondary N) is 1. The molecule has 1 saturated carbocycles. The summed E-state index contributed by atoms with van der Waals surface area (Å²) >= 11 is 0. The minimum absolute atomic E-state index is 0.645. The van der Waals surface area contributed by atoms with Crippen LogP contribution in [0.5, 0.6) is 0 Å². The lowest BCUT2D eigenvalue weighted by molar-refractivity contribution is 0.513. The predicted octanol–water partition coefficient (Wildman–Crippen LogP) is 1.34. The number of hydrogen-bond acceptors (Lipinski definition) is 4. The Kier molecular flexibility index (Phi) is 2.68. The Hall–Kier alpha value is -1.62. The zero-order chi connectivity index (χ0) is 11.7. The van der Waals surface area contributed by atoms with Crippen LogP contribution in [0.3, 0.4) is 0 Å². The molecule has 0 spiro atoms. The zero-order valence-corrected chi connectivity index (χ0v) is 9.76. The third kappa shape index (κ3) is 2.24. The van der Waals surface area contributed by atoms with Crippen LogP contribution in [0.2, 0.25) is 0 Å². The second kappa shape index (κ2) is 4.33. The van der Waals surface area contributed by atoms with Crippen molar-refractivity contribution in [2.24, 2.45) is 0 Å². The van der Waals surface area contributed by atoms with Gasteiger partial charge in [-0.25, -0.2) is 9.50 Å². The van der Waals surface area contributed by atoms with Crippen molar-refractivity contribution >= 4 is 11.3 Å². The molecule has 17 heavy (non-hydrogen) atoms. The first kappa shape index (κ1) is 10.5. The number of rotatable bonds is 3. The summed E-state index contributed by atoms with van der Waals surface area (Å²) in [5, 5.41) is 7.90. The molecule has 90 valence electrons. The summed E-state index contributed by atoms with van der Waals surface area (Å²) in [6.45, 7) is 0.742. The Morgan fingerprint density at radius 2 is 2.18 bits per heavy atom. The van der Waals surface area contributed by atoms with Crippen molar-refractivity contribution in [2.45, 2.75) is 38.3 Å². The highest BCUT2D eigenvalue weighted by atomic mass is 15.3. The Morgan fingerprint density at radius 3 is 3.00 bits per heavy atom. The summed E-state index contributed by atoms with van der Waals surface area (Å²) in [7, 11) is 0. The van der Waals surface area contributed by atoms with Crippen molar-refractivity contribution in [1.82, 2.24) is 19.9 Å². The van der Waals surface area contributed by atoms with Crippen LogP contribution < -0.4 is 11.1 Å². The summed E-state index contributed by atoms with van der Waals surface area (Å²) < 4.78 is 1.74. The summed E-state index contributed by atoms with van der Waals surface area (Å²) in [6, 6.07) is 4.38. The molecule has 0 radical (unpaired) electrons. The summed E-state index contributed by atoms with van der Waals surface area (Å²) in [4.78, 5) is 4.45. The van der Waals surface area contributed by atoms with Crippen molar-refractivity contribution in [1.29, 1.82) is 0 Å². The minimum atomic E-state index is 0.645. The molecule has 3 rings (SSSR count). The quantitative estimate of drug-likeness (QED) is 0.836. The van der Waals surface area contributed by atoms with E-state index in [1.807, 2.05) is 12.1 Å². The maximum atomic E-state index is 5.70. The molecule has 2 aromatic rings. The molecule has 1 aliphatic rings. The Morgan fingerprint density at radius 1 is 1.35 bits per heavy atom. The van der Waals surface area contributed by atoms with E-state index in [2.05, 4.69) is 15.4 Å². The van der Waals surface area contributed by atoms with Crippen LogP contribution in [0.15, 0.2) is 18.3 Å². The highest BCUT2D eigenvalue weighted by molar-refractivity contribution is 5.46. The Labute approximate surface area is 100 Å². The van der Waals surface area contributed by atoms with E-state index >= 15 is 0 Å². The smallest absolute Gasteiger partial charge is 0.165 e. The van der Waals surface area contributed by atoms with Gasteiger partial charge < -0.3 is 11.1 Å². The molecular weight excluding hydrogens is 214 g/mol. The molecule has 5 nitrogen and oxygen atoms in total. The Balaban J connectivity index is 1.72. The minimum Gasteiger partial charge on any atom is -0.397 e. The van der Waals surface area contributed by atoms with E-state index in [9.17, 15) is 0 Å². The maximum Gasteiger partial charge on any atom is 0.165 e. The monoisotopic (exact) mass is 231 g/mol. The molecule has 0 aliphatic heterocycles. The molecule has 2 heterocycles. The summed E-state index contributed by atoms with van der Waals surface area (Å²) in [6.07, 6.45) is 7.03. The van der Waals surface area contributed by atoms with Gasteiger partial charge in [0.2, 0.25) is 0 Å². The lowest BCUT2D eigenvalue weighted by Gasteiger charge is -2.08. The van der Waals surface area contributed by atoms with Crippen LogP contribution >= 0.6 is 0 Å². The first-order valence-electron chi connectivity index (χ1n) is 6.15. The standard InChI is InChI=1S/C12H17N5/c13-9-5-6-12-15-11(16-17(12)8-9)7-14-10-3-1-2-4-10/h5-6,8,10,14H,1-4,7,13H2.